The first-order valence-corrected chi connectivity index (χ1v) is 7.41. The Morgan fingerprint density at radius 1 is 1.12 bits per heavy atom. The van der Waals surface area contributed by atoms with Crippen LogP contribution >= 0.6 is 0 Å². The number of hydrogen-bond acceptors (Lipinski definition) is 3. The molecule has 0 aliphatic carbocycles. The number of nitrogens with one attached hydrogen (secondary N) is 1. The Hall–Kier alpha value is -3.17. The van der Waals surface area contributed by atoms with Crippen molar-refractivity contribution in [3.05, 3.63) is 70.0 Å². The first-order valence-electron chi connectivity index (χ1n) is 7.41. The van der Waals surface area contributed by atoms with Crippen LogP contribution in [0, 0.1) is 5.82 Å². The predicted molar refractivity (Wildman–Crippen MR) is 82.7 cm³/mol. The lowest BCUT2D eigenvalue weighted by Crippen LogP contribution is -2.32. The molecule has 136 valence electrons. The third-order valence-electron chi connectivity index (χ3n) is 3.61. The van der Waals surface area contributed by atoms with Crippen LogP contribution in [0.5, 0.6) is 0 Å². The maximum atomic E-state index is 13.2. The second kappa shape index (κ2) is 6.62. The molecule has 0 unspecified atom stereocenters. The second-order valence-electron chi connectivity index (χ2n) is 5.49. The Bertz CT molecular complexity index is 1010. The van der Waals surface area contributed by atoms with E-state index in [9.17, 15) is 27.2 Å². The van der Waals surface area contributed by atoms with Crippen molar-refractivity contribution in [2.24, 2.45) is 0 Å². The maximum absolute atomic E-state index is 13.2. The maximum Gasteiger partial charge on any atom is 0.416 e. The number of aromatic nitrogens is 3. The molecule has 0 saturated heterocycles. The summed E-state index contributed by atoms with van der Waals surface area (Å²) in [6, 6.07) is 6.78. The minimum absolute atomic E-state index is 0.00623. The normalized spacial score (nSPS) is 11.7. The number of benzene rings is 1. The van der Waals surface area contributed by atoms with Gasteiger partial charge in [0.25, 0.3) is 0 Å². The van der Waals surface area contributed by atoms with Gasteiger partial charge < -0.3 is 5.32 Å². The molecular weight excluding hydrogens is 356 g/mol. The average Bonchev–Trinajstić information content (AvgIpc) is 2.88. The number of amides is 1. The number of carbonyl (C=O) groups excluding carboxylic acids is 1. The molecule has 0 saturated carbocycles. The van der Waals surface area contributed by atoms with E-state index in [0.29, 0.717) is 5.56 Å². The van der Waals surface area contributed by atoms with Crippen LogP contribution in [0.25, 0.3) is 5.65 Å². The molecule has 6 nitrogen and oxygen atoms in total. The van der Waals surface area contributed by atoms with Crippen LogP contribution in [0.1, 0.15) is 11.1 Å². The van der Waals surface area contributed by atoms with Crippen molar-refractivity contribution in [3.63, 3.8) is 0 Å². The van der Waals surface area contributed by atoms with Gasteiger partial charge in [-0.15, -0.1) is 5.10 Å². The summed E-state index contributed by atoms with van der Waals surface area (Å²) in [5.41, 5.74) is -0.803. The van der Waals surface area contributed by atoms with Gasteiger partial charge in [-0.2, -0.15) is 13.2 Å². The molecule has 1 aromatic carbocycles. The summed E-state index contributed by atoms with van der Waals surface area (Å²) in [6.07, 6.45) is -3.47. The molecule has 0 radical (unpaired) electrons. The largest absolute Gasteiger partial charge is 0.416 e. The quantitative estimate of drug-likeness (QED) is 0.716. The lowest BCUT2D eigenvalue weighted by Gasteiger charge is -2.08. The van der Waals surface area contributed by atoms with E-state index in [4.69, 9.17) is 0 Å². The zero-order valence-electron chi connectivity index (χ0n) is 13.1. The molecule has 3 aromatic rings. The number of halogens is 4. The van der Waals surface area contributed by atoms with Crippen LogP contribution < -0.4 is 11.0 Å². The van der Waals surface area contributed by atoms with Gasteiger partial charge in [-0.05, 0) is 29.8 Å². The molecule has 0 aliphatic heterocycles. The van der Waals surface area contributed by atoms with Crippen LogP contribution in [0.3, 0.4) is 0 Å². The fourth-order valence-electron chi connectivity index (χ4n) is 2.30. The van der Waals surface area contributed by atoms with Crippen LogP contribution in [0.15, 0.2) is 47.4 Å². The topological polar surface area (TPSA) is 68.4 Å². The highest BCUT2D eigenvalue weighted by atomic mass is 19.4. The summed E-state index contributed by atoms with van der Waals surface area (Å²) >= 11 is 0. The van der Waals surface area contributed by atoms with Gasteiger partial charge in [-0.1, -0.05) is 12.1 Å². The van der Waals surface area contributed by atoms with E-state index in [-0.39, 0.29) is 12.2 Å². The zero-order chi connectivity index (χ0) is 18.9. The van der Waals surface area contributed by atoms with Crippen molar-refractivity contribution in [1.82, 2.24) is 19.5 Å². The Morgan fingerprint density at radius 3 is 2.46 bits per heavy atom. The minimum Gasteiger partial charge on any atom is -0.350 e. The standard InChI is InChI=1S/C16H12F4N4O2/c17-12-5-6-13-22-24(15(26)23(13)8-12)9-14(25)21-7-10-1-3-11(4-2-10)16(18,19)20/h1-6,8H,7,9H2,(H,21,25). The summed E-state index contributed by atoms with van der Waals surface area (Å²) in [7, 11) is 0. The van der Waals surface area contributed by atoms with Gasteiger partial charge in [-0.25, -0.2) is 18.3 Å². The highest BCUT2D eigenvalue weighted by Gasteiger charge is 2.29. The first kappa shape index (κ1) is 17.6. The molecule has 1 N–H and O–H groups in total. The smallest absolute Gasteiger partial charge is 0.350 e. The van der Waals surface area contributed by atoms with E-state index in [0.717, 1.165) is 33.5 Å². The van der Waals surface area contributed by atoms with Crippen molar-refractivity contribution in [3.8, 4) is 0 Å². The van der Waals surface area contributed by atoms with E-state index < -0.39 is 35.7 Å². The molecule has 2 heterocycles. The summed E-state index contributed by atoms with van der Waals surface area (Å²) < 4.78 is 52.5. The molecule has 2 aromatic heterocycles. The van der Waals surface area contributed by atoms with Gasteiger partial charge >= 0.3 is 11.9 Å². The van der Waals surface area contributed by atoms with Crippen LogP contribution in [-0.4, -0.2) is 20.1 Å². The summed E-state index contributed by atoms with van der Waals surface area (Å²) in [5.74, 6) is -1.18. The molecule has 0 fully saturated rings. The predicted octanol–water partition coefficient (Wildman–Crippen LogP) is 1.97. The number of alkyl halides is 3. The van der Waals surface area contributed by atoms with Crippen molar-refractivity contribution in [1.29, 1.82) is 0 Å². The highest BCUT2D eigenvalue weighted by Crippen LogP contribution is 2.28. The Kier molecular flexibility index (Phi) is 4.49. The van der Waals surface area contributed by atoms with E-state index in [1.54, 1.807) is 0 Å². The van der Waals surface area contributed by atoms with Crippen LogP contribution in [0.4, 0.5) is 17.6 Å². The van der Waals surface area contributed by atoms with Gasteiger partial charge in [0, 0.05) is 6.54 Å². The van der Waals surface area contributed by atoms with Crippen molar-refractivity contribution < 1.29 is 22.4 Å². The molecule has 3 rings (SSSR count). The second-order valence-corrected chi connectivity index (χ2v) is 5.49. The van der Waals surface area contributed by atoms with Crippen molar-refractivity contribution in [2.45, 2.75) is 19.3 Å². The Balaban J connectivity index is 1.64. The fraction of sp³-hybridized carbons (Fsp3) is 0.188. The van der Waals surface area contributed by atoms with Gasteiger partial charge in [-0.3, -0.25) is 4.79 Å². The Labute approximate surface area is 143 Å². The number of hydrogen-bond donors (Lipinski definition) is 1. The lowest BCUT2D eigenvalue weighted by atomic mass is 10.1. The minimum atomic E-state index is -4.43. The third kappa shape index (κ3) is 3.73. The number of nitrogens with zero attached hydrogens (tertiary/aromatic N) is 3. The first-order chi connectivity index (χ1) is 12.2. The molecule has 0 aliphatic rings. The van der Waals surface area contributed by atoms with E-state index in [2.05, 4.69) is 10.4 Å². The van der Waals surface area contributed by atoms with Gasteiger partial charge in [0.05, 0.1) is 11.8 Å². The van der Waals surface area contributed by atoms with Crippen molar-refractivity contribution in [2.75, 3.05) is 0 Å². The molecule has 0 spiro atoms. The monoisotopic (exact) mass is 368 g/mol. The molecule has 10 heteroatoms. The molecule has 1 amide bonds. The van der Waals surface area contributed by atoms with E-state index in [1.165, 1.54) is 18.2 Å². The molecule has 0 atom stereocenters. The number of fused-ring (bicyclic) bond motifs is 1. The molecular formula is C16H12F4N4O2. The number of pyridine rings is 1. The summed E-state index contributed by atoms with van der Waals surface area (Å²) in [4.78, 5) is 24.0. The van der Waals surface area contributed by atoms with Gasteiger partial charge in [0.2, 0.25) is 5.91 Å². The fourth-order valence-corrected chi connectivity index (χ4v) is 2.30. The average molecular weight is 368 g/mol. The highest BCUT2D eigenvalue weighted by molar-refractivity contribution is 5.75. The zero-order valence-corrected chi connectivity index (χ0v) is 13.1. The number of carbonyl (C=O) groups is 1. The summed E-state index contributed by atoms with van der Waals surface area (Å²) in [5, 5.41) is 6.39. The van der Waals surface area contributed by atoms with Crippen LogP contribution in [0.2, 0.25) is 0 Å². The van der Waals surface area contributed by atoms with Gasteiger partial charge in [0.15, 0.2) is 5.65 Å². The van der Waals surface area contributed by atoms with Gasteiger partial charge in [0.1, 0.15) is 12.4 Å². The Morgan fingerprint density at radius 2 is 1.81 bits per heavy atom. The van der Waals surface area contributed by atoms with E-state index >= 15 is 0 Å². The number of rotatable bonds is 4. The molecule has 0 bridgehead atoms. The summed E-state index contributed by atoms with van der Waals surface area (Å²) in [6.45, 7) is -0.406. The molecule has 26 heavy (non-hydrogen) atoms. The SMILES string of the molecule is O=C(Cn1nc2ccc(F)cn2c1=O)NCc1ccc(C(F)(F)F)cc1. The lowest BCUT2D eigenvalue weighted by molar-refractivity contribution is -0.137. The third-order valence-corrected chi connectivity index (χ3v) is 3.61. The van der Waals surface area contributed by atoms with Crippen LogP contribution in [-0.2, 0) is 24.1 Å². The van der Waals surface area contributed by atoms with Crippen molar-refractivity contribution >= 4 is 11.6 Å². The van der Waals surface area contributed by atoms with E-state index in [1.807, 2.05) is 0 Å².